The number of rotatable bonds is 11. The summed E-state index contributed by atoms with van der Waals surface area (Å²) in [6.45, 7) is 5.88. The molecule has 0 amide bonds. The Kier molecular flexibility index (Phi) is 12.3. The molecule has 0 aromatic rings. The highest BCUT2D eigenvalue weighted by Gasteiger charge is 2.08. The van der Waals surface area contributed by atoms with Crippen LogP contribution in [0, 0.1) is 0 Å². The minimum absolute atomic E-state index is 0.194. The highest BCUT2D eigenvalue weighted by atomic mass is 32.2. The van der Waals surface area contributed by atoms with Crippen LogP contribution < -0.4 is 0 Å². The Bertz CT molecular complexity index is 259. The standard InChI is InChI=1S/C15H26O2S/c1-4-6-7-8-9-10-11-14(15(16)17-3)13-18-12-5-2/h5,11H,2,4,6-10,12-13H2,1,3H3/b14-11+. The predicted molar refractivity (Wildman–Crippen MR) is 81.0 cm³/mol. The van der Waals surface area contributed by atoms with Gasteiger partial charge in [0, 0.05) is 17.1 Å². The van der Waals surface area contributed by atoms with Gasteiger partial charge in [-0.15, -0.1) is 6.58 Å². The van der Waals surface area contributed by atoms with E-state index in [2.05, 4.69) is 13.5 Å². The van der Waals surface area contributed by atoms with Crippen LogP contribution in [0.5, 0.6) is 0 Å². The number of carbonyl (C=O) groups excluding carboxylic acids is 1. The van der Waals surface area contributed by atoms with Crippen molar-refractivity contribution in [1.82, 2.24) is 0 Å². The molecule has 0 aliphatic carbocycles. The second-order valence-corrected chi connectivity index (χ2v) is 5.26. The van der Waals surface area contributed by atoms with E-state index in [9.17, 15) is 4.79 Å². The van der Waals surface area contributed by atoms with Crippen molar-refractivity contribution in [3.05, 3.63) is 24.3 Å². The average Bonchev–Trinajstić information content (AvgIpc) is 2.40. The van der Waals surface area contributed by atoms with Crippen LogP contribution in [0.3, 0.4) is 0 Å². The molecule has 0 N–H and O–H groups in total. The van der Waals surface area contributed by atoms with Crippen molar-refractivity contribution in [2.24, 2.45) is 0 Å². The number of ether oxygens (including phenoxy) is 1. The van der Waals surface area contributed by atoms with Gasteiger partial charge in [0.2, 0.25) is 0 Å². The molecule has 0 bridgehead atoms. The minimum Gasteiger partial charge on any atom is -0.466 e. The second kappa shape index (κ2) is 12.7. The molecule has 0 saturated carbocycles. The molecule has 0 aliphatic rings. The first-order chi connectivity index (χ1) is 8.76. The van der Waals surface area contributed by atoms with Crippen molar-refractivity contribution in [3.8, 4) is 0 Å². The molecule has 0 fully saturated rings. The van der Waals surface area contributed by atoms with Crippen LogP contribution in [0.4, 0.5) is 0 Å². The van der Waals surface area contributed by atoms with E-state index < -0.39 is 0 Å². The molecule has 0 saturated heterocycles. The number of unbranched alkanes of at least 4 members (excludes halogenated alkanes) is 5. The first kappa shape index (κ1) is 17.3. The van der Waals surface area contributed by atoms with E-state index >= 15 is 0 Å². The second-order valence-electron chi connectivity index (χ2n) is 4.23. The molecule has 18 heavy (non-hydrogen) atoms. The molecule has 0 aromatic carbocycles. The van der Waals surface area contributed by atoms with Crippen molar-refractivity contribution in [2.75, 3.05) is 18.6 Å². The van der Waals surface area contributed by atoms with Gasteiger partial charge in [0.05, 0.1) is 7.11 Å². The zero-order valence-corrected chi connectivity index (χ0v) is 12.6. The summed E-state index contributed by atoms with van der Waals surface area (Å²) in [5, 5.41) is 0. The maximum Gasteiger partial charge on any atom is 0.334 e. The lowest BCUT2D eigenvalue weighted by Crippen LogP contribution is -2.07. The molecule has 0 rings (SSSR count). The third kappa shape index (κ3) is 9.34. The van der Waals surface area contributed by atoms with E-state index in [4.69, 9.17) is 4.74 Å². The molecule has 0 unspecified atom stereocenters. The summed E-state index contributed by atoms with van der Waals surface area (Å²) in [4.78, 5) is 11.5. The fraction of sp³-hybridized carbons (Fsp3) is 0.667. The first-order valence-electron chi connectivity index (χ1n) is 6.72. The number of hydrogen-bond acceptors (Lipinski definition) is 3. The Labute approximate surface area is 116 Å². The number of carbonyl (C=O) groups is 1. The smallest absolute Gasteiger partial charge is 0.334 e. The van der Waals surface area contributed by atoms with Crippen LogP contribution in [0.2, 0.25) is 0 Å². The third-order valence-corrected chi connectivity index (χ3v) is 3.63. The van der Waals surface area contributed by atoms with Crippen molar-refractivity contribution in [1.29, 1.82) is 0 Å². The minimum atomic E-state index is -0.194. The van der Waals surface area contributed by atoms with Gasteiger partial charge >= 0.3 is 5.97 Å². The lowest BCUT2D eigenvalue weighted by atomic mass is 10.1. The van der Waals surface area contributed by atoms with Gasteiger partial charge in [0.15, 0.2) is 0 Å². The fourth-order valence-corrected chi connectivity index (χ4v) is 2.35. The SMILES string of the molecule is C=CCSC/C(=C\CCCCCCC)C(=O)OC. The third-order valence-electron chi connectivity index (χ3n) is 2.64. The van der Waals surface area contributed by atoms with Gasteiger partial charge < -0.3 is 4.74 Å². The quantitative estimate of drug-likeness (QED) is 0.241. The molecule has 0 aliphatic heterocycles. The lowest BCUT2D eigenvalue weighted by Gasteiger charge is -2.04. The van der Waals surface area contributed by atoms with Gasteiger partial charge in [-0.2, -0.15) is 11.8 Å². The normalized spacial score (nSPS) is 11.3. The van der Waals surface area contributed by atoms with Crippen molar-refractivity contribution < 1.29 is 9.53 Å². The summed E-state index contributed by atoms with van der Waals surface area (Å²) in [6, 6.07) is 0. The van der Waals surface area contributed by atoms with Gasteiger partial charge in [-0.05, 0) is 12.8 Å². The van der Waals surface area contributed by atoms with Gasteiger partial charge in [-0.3, -0.25) is 0 Å². The van der Waals surface area contributed by atoms with Crippen LogP contribution in [0.1, 0.15) is 45.4 Å². The average molecular weight is 270 g/mol. The van der Waals surface area contributed by atoms with E-state index in [1.165, 1.54) is 32.8 Å². The lowest BCUT2D eigenvalue weighted by molar-refractivity contribution is -0.136. The Morgan fingerprint density at radius 3 is 2.61 bits per heavy atom. The van der Waals surface area contributed by atoms with Crippen LogP contribution in [0.15, 0.2) is 24.3 Å². The van der Waals surface area contributed by atoms with Gasteiger partial charge in [-0.1, -0.05) is 44.8 Å². The van der Waals surface area contributed by atoms with Gasteiger partial charge in [-0.25, -0.2) is 4.79 Å². The topological polar surface area (TPSA) is 26.3 Å². The summed E-state index contributed by atoms with van der Waals surface area (Å²) in [5.74, 6) is 1.39. The van der Waals surface area contributed by atoms with Crippen molar-refractivity contribution in [2.45, 2.75) is 45.4 Å². The number of methoxy groups -OCH3 is 1. The molecule has 104 valence electrons. The van der Waals surface area contributed by atoms with Gasteiger partial charge in [0.25, 0.3) is 0 Å². The van der Waals surface area contributed by atoms with Crippen molar-refractivity contribution in [3.63, 3.8) is 0 Å². The van der Waals surface area contributed by atoms with E-state index in [0.717, 1.165) is 24.2 Å². The summed E-state index contributed by atoms with van der Waals surface area (Å²) in [5.41, 5.74) is 0.792. The highest BCUT2D eigenvalue weighted by molar-refractivity contribution is 7.99. The summed E-state index contributed by atoms with van der Waals surface area (Å²) < 4.78 is 4.79. The number of thioether (sulfide) groups is 1. The van der Waals surface area contributed by atoms with E-state index in [1.807, 2.05) is 12.2 Å². The molecule has 0 heterocycles. The van der Waals surface area contributed by atoms with Crippen molar-refractivity contribution >= 4 is 17.7 Å². The predicted octanol–water partition coefficient (Wildman–Crippen LogP) is 4.37. The maximum absolute atomic E-state index is 11.5. The maximum atomic E-state index is 11.5. The fourth-order valence-electron chi connectivity index (χ4n) is 1.61. The molecule has 2 nitrogen and oxygen atoms in total. The molecule has 0 radical (unpaired) electrons. The van der Waals surface area contributed by atoms with Crippen LogP contribution in [-0.2, 0) is 9.53 Å². The largest absolute Gasteiger partial charge is 0.466 e. The molecule has 3 heteroatoms. The Morgan fingerprint density at radius 1 is 1.28 bits per heavy atom. The summed E-state index contributed by atoms with van der Waals surface area (Å²) in [7, 11) is 1.44. The Morgan fingerprint density at radius 2 is 2.00 bits per heavy atom. The Hall–Kier alpha value is -0.700. The van der Waals surface area contributed by atoms with E-state index in [0.29, 0.717) is 5.75 Å². The highest BCUT2D eigenvalue weighted by Crippen LogP contribution is 2.13. The van der Waals surface area contributed by atoms with Crippen LogP contribution >= 0.6 is 11.8 Å². The zero-order valence-electron chi connectivity index (χ0n) is 11.7. The molecular formula is C15H26O2S. The van der Waals surface area contributed by atoms with Gasteiger partial charge in [0.1, 0.15) is 0 Å². The van der Waals surface area contributed by atoms with Crippen LogP contribution in [0.25, 0.3) is 0 Å². The number of hydrogen-bond donors (Lipinski definition) is 0. The first-order valence-corrected chi connectivity index (χ1v) is 7.87. The zero-order chi connectivity index (χ0) is 13.6. The molecular weight excluding hydrogens is 244 g/mol. The number of allylic oxidation sites excluding steroid dienone is 1. The molecule has 0 aromatic heterocycles. The van der Waals surface area contributed by atoms with Crippen LogP contribution in [-0.4, -0.2) is 24.6 Å². The summed E-state index contributed by atoms with van der Waals surface area (Å²) in [6.07, 6.45) is 11.1. The van der Waals surface area contributed by atoms with E-state index in [-0.39, 0.29) is 5.97 Å². The molecule has 0 spiro atoms. The monoisotopic (exact) mass is 270 g/mol. The molecule has 0 atom stereocenters. The van der Waals surface area contributed by atoms with E-state index in [1.54, 1.807) is 11.8 Å². The Balaban J connectivity index is 3.95. The summed E-state index contributed by atoms with van der Waals surface area (Å²) >= 11 is 1.69. The number of esters is 1.